The Hall–Kier alpha value is -2.57. The van der Waals surface area contributed by atoms with Gasteiger partial charge in [-0.1, -0.05) is 18.2 Å². The monoisotopic (exact) mass is 355 g/mol. The molecule has 1 atom stereocenters. The van der Waals surface area contributed by atoms with Gasteiger partial charge in [-0.05, 0) is 35.9 Å². The Labute approximate surface area is 150 Å². The summed E-state index contributed by atoms with van der Waals surface area (Å²) in [5.74, 6) is 0.287. The second-order valence-corrected chi connectivity index (χ2v) is 6.34. The van der Waals surface area contributed by atoms with Crippen LogP contribution in [0.25, 0.3) is 11.3 Å². The molecule has 4 nitrogen and oxygen atoms in total. The Balaban J connectivity index is 1.57. The number of morpholine rings is 1. The van der Waals surface area contributed by atoms with Gasteiger partial charge < -0.3 is 9.72 Å². The lowest BCUT2D eigenvalue weighted by atomic mass is 10.1. The van der Waals surface area contributed by atoms with Gasteiger partial charge in [-0.3, -0.25) is 4.90 Å². The minimum absolute atomic E-state index is 0.0856. The van der Waals surface area contributed by atoms with Gasteiger partial charge in [-0.25, -0.2) is 13.8 Å². The van der Waals surface area contributed by atoms with E-state index in [1.807, 2.05) is 6.07 Å². The largest absolute Gasteiger partial charge is 0.378 e. The third kappa shape index (κ3) is 3.52. The van der Waals surface area contributed by atoms with Crippen molar-refractivity contribution in [1.82, 2.24) is 14.9 Å². The molecule has 0 bridgehead atoms. The normalized spacial score (nSPS) is 18.2. The molecule has 0 amide bonds. The van der Waals surface area contributed by atoms with Gasteiger partial charge in [0.15, 0.2) is 0 Å². The average Bonchev–Trinajstić information content (AvgIpc) is 3.15. The number of nitrogens with zero attached hydrogens (tertiary/aromatic N) is 2. The maximum Gasteiger partial charge on any atom is 0.127 e. The molecule has 1 aliphatic rings. The van der Waals surface area contributed by atoms with Crippen LogP contribution in [0.4, 0.5) is 8.78 Å². The number of nitrogens with one attached hydrogen (secondary N) is 1. The molecule has 0 saturated carbocycles. The van der Waals surface area contributed by atoms with Crippen LogP contribution in [-0.2, 0) is 11.3 Å². The molecule has 2 heterocycles. The second kappa shape index (κ2) is 7.35. The number of hydrogen-bond acceptors (Lipinski definition) is 3. The fraction of sp³-hybridized carbons (Fsp3) is 0.250. The van der Waals surface area contributed by atoms with Crippen LogP contribution < -0.4 is 0 Å². The molecular weight excluding hydrogens is 336 g/mol. The molecule has 0 spiro atoms. The second-order valence-electron chi connectivity index (χ2n) is 6.34. The van der Waals surface area contributed by atoms with Crippen molar-refractivity contribution >= 4 is 0 Å². The minimum Gasteiger partial charge on any atom is -0.378 e. The van der Waals surface area contributed by atoms with Crippen molar-refractivity contribution in [3.63, 3.8) is 0 Å². The molecule has 1 aromatic heterocycles. The summed E-state index contributed by atoms with van der Waals surface area (Å²) < 4.78 is 32.8. The van der Waals surface area contributed by atoms with Crippen molar-refractivity contribution in [2.45, 2.75) is 12.6 Å². The molecule has 1 unspecified atom stereocenters. The van der Waals surface area contributed by atoms with E-state index in [0.29, 0.717) is 31.9 Å². The van der Waals surface area contributed by atoms with Gasteiger partial charge in [0.2, 0.25) is 0 Å². The minimum atomic E-state index is -0.273. The molecule has 3 aromatic rings. The van der Waals surface area contributed by atoms with E-state index in [0.717, 1.165) is 17.1 Å². The van der Waals surface area contributed by atoms with Crippen LogP contribution in [0.5, 0.6) is 0 Å². The van der Waals surface area contributed by atoms with Gasteiger partial charge in [-0.2, -0.15) is 0 Å². The summed E-state index contributed by atoms with van der Waals surface area (Å²) in [7, 11) is 0. The summed E-state index contributed by atoms with van der Waals surface area (Å²) in [5.41, 5.74) is 2.34. The quantitative estimate of drug-likeness (QED) is 0.771. The lowest BCUT2D eigenvalue weighted by Gasteiger charge is -2.34. The van der Waals surface area contributed by atoms with Gasteiger partial charge >= 0.3 is 0 Å². The van der Waals surface area contributed by atoms with Gasteiger partial charge in [0, 0.05) is 18.7 Å². The molecule has 0 radical (unpaired) electrons. The molecule has 2 aromatic carbocycles. The summed E-state index contributed by atoms with van der Waals surface area (Å²) in [6.45, 7) is 2.29. The SMILES string of the molecule is Fc1ccc(-c2cnc(C3COCCN3Cc3ccccc3F)[nH]2)cc1. The molecule has 1 aliphatic heterocycles. The van der Waals surface area contributed by atoms with Crippen molar-refractivity contribution in [3.05, 3.63) is 77.8 Å². The number of aromatic nitrogens is 2. The van der Waals surface area contributed by atoms with Crippen LogP contribution in [0.3, 0.4) is 0 Å². The van der Waals surface area contributed by atoms with E-state index in [2.05, 4.69) is 14.9 Å². The first-order chi connectivity index (χ1) is 12.7. The Morgan fingerprint density at radius 2 is 1.92 bits per heavy atom. The van der Waals surface area contributed by atoms with Crippen LogP contribution in [0, 0.1) is 11.6 Å². The van der Waals surface area contributed by atoms with Crippen LogP contribution in [-0.4, -0.2) is 34.6 Å². The highest BCUT2D eigenvalue weighted by molar-refractivity contribution is 5.58. The summed E-state index contributed by atoms with van der Waals surface area (Å²) in [6.07, 6.45) is 1.73. The summed E-state index contributed by atoms with van der Waals surface area (Å²) >= 11 is 0. The first-order valence-electron chi connectivity index (χ1n) is 8.57. The number of imidazole rings is 1. The van der Waals surface area contributed by atoms with Crippen LogP contribution in [0.2, 0.25) is 0 Å². The maximum absolute atomic E-state index is 14.0. The smallest absolute Gasteiger partial charge is 0.127 e. The zero-order valence-electron chi connectivity index (χ0n) is 14.2. The number of benzene rings is 2. The number of aromatic amines is 1. The fourth-order valence-corrected chi connectivity index (χ4v) is 3.21. The molecule has 1 N–H and O–H groups in total. The summed E-state index contributed by atoms with van der Waals surface area (Å²) in [6, 6.07) is 13.0. The highest BCUT2D eigenvalue weighted by Crippen LogP contribution is 2.27. The predicted molar refractivity (Wildman–Crippen MR) is 94.4 cm³/mol. The molecule has 0 aliphatic carbocycles. The molecule has 26 heavy (non-hydrogen) atoms. The Bertz CT molecular complexity index is 879. The third-order valence-corrected chi connectivity index (χ3v) is 4.64. The Morgan fingerprint density at radius 1 is 1.12 bits per heavy atom. The average molecular weight is 355 g/mol. The van der Waals surface area contributed by atoms with E-state index in [1.165, 1.54) is 18.2 Å². The zero-order valence-corrected chi connectivity index (χ0v) is 14.2. The van der Waals surface area contributed by atoms with E-state index in [4.69, 9.17) is 4.74 Å². The topological polar surface area (TPSA) is 41.1 Å². The van der Waals surface area contributed by atoms with Gasteiger partial charge in [-0.15, -0.1) is 0 Å². The number of hydrogen-bond donors (Lipinski definition) is 1. The summed E-state index contributed by atoms with van der Waals surface area (Å²) in [4.78, 5) is 9.95. The van der Waals surface area contributed by atoms with Gasteiger partial charge in [0.25, 0.3) is 0 Å². The number of rotatable bonds is 4. The van der Waals surface area contributed by atoms with Crippen molar-refractivity contribution < 1.29 is 13.5 Å². The Morgan fingerprint density at radius 3 is 2.73 bits per heavy atom. The highest BCUT2D eigenvalue weighted by Gasteiger charge is 2.27. The fourth-order valence-electron chi connectivity index (χ4n) is 3.21. The number of H-pyrrole nitrogens is 1. The molecule has 6 heteroatoms. The van der Waals surface area contributed by atoms with E-state index in [-0.39, 0.29) is 17.7 Å². The maximum atomic E-state index is 14.0. The van der Waals surface area contributed by atoms with Crippen molar-refractivity contribution in [2.75, 3.05) is 19.8 Å². The number of halogens is 2. The molecule has 4 rings (SSSR count). The van der Waals surface area contributed by atoms with Crippen LogP contribution >= 0.6 is 0 Å². The van der Waals surface area contributed by atoms with Crippen LogP contribution in [0.15, 0.2) is 54.7 Å². The van der Waals surface area contributed by atoms with Crippen LogP contribution in [0.1, 0.15) is 17.4 Å². The lowest BCUT2D eigenvalue weighted by Crippen LogP contribution is -2.39. The Kier molecular flexibility index (Phi) is 4.77. The molecule has 134 valence electrons. The molecule has 1 fully saturated rings. The lowest BCUT2D eigenvalue weighted by molar-refractivity contribution is -0.0160. The van der Waals surface area contributed by atoms with Crippen molar-refractivity contribution in [1.29, 1.82) is 0 Å². The van der Waals surface area contributed by atoms with E-state index in [9.17, 15) is 8.78 Å². The van der Waals surface area contributed by atoms with Gasteiger partial charge in [0.1, 0.15) is 17.5 Å². The predicted octanol–water partition coefficient (Wildman–Crippen LogP) is 3.93. The van der Waals surface area contributed by atoms with E-state index in [1.54, 1.807) is 30.5 Å². The van der Waals surface area contributed by atoms with Gasteiger partial charge in [0.05, 0.1) is 31.1 Å². The van der Waals surface area contributed by atoms with E-state index < -0.39 is 0 Å². The molecule has 1 saturated heterocycles. The summed E-state index contributed by atoms with van der Waals surface area (Å²) in [5, 5.41) is 0. The zero-order chi connectivity index (χ0) is 17.9. The number of ether oxygens (including phenoxy) is 1. The first-order valence-corrected chi connectivity index (χ1v) is 8.57. The molecular formula is C20H19F2N3O. The van der Waals surface area contributed by atoms with Crippen molar-refractivity contribution in [3.8, 4) is 11.3 Å². The standard InChI is InChI=1S/C20H19F2N3O/c21-16-7-5-14(6-8-16)18-11-23-20(24-18)19-13-26-10-9-25(19)12-15-3-1-2-4-17(15)22/h1-8,11,19H,9-10,12-13H2,(H,23,24). The first kappa shape index (κ1) is 16.9. The van der Waals surface area contributed by atoms with E-state index >= 15 is 0 Å². The third-order valence-electron chi connectivity index (χ3n) is 4.64. The highest BCUT2D eigenvalue weighted by atomic mass is 19.1. The van der Waals surface area contributed by atoms with Crippen molar-refractivity contribution in [2.24, 2.45) is 0 Å².